The molecule has 2 aromatic rings. The summed E-state index contributed by atoms with van der Waals surface area (Å²) >= 11 is 9.55. The number of para-hydroxylation sites is 1. The zero-order valence-corrected chi connectivity index (χ0v) is 15.5. The molecular weight excluding hydrogens is 390 g/mol. The lowest BCUT2D eigenvalue weighted by atomic mass is 10.2. The van der Waals surface area contributed by atoms with Crippen molar-refractivity contribution in [3.8, 4) is 0 Å². The highest BCUT2D eigenvalue weighted by Gasteiger charge is 2.16. The van der Waals surface area contributed by atoms with Gasteiger partial charge in [-0.1, -0.05) is 23.7 Å². The largest absolute Gasteiger partial charge is 0.374 e. The molecule has 2 N–H and O–H groups in total. The van der Waals surface area contributed by atoms with Crippen LogP contribution < -0.4 is 15.5 Å². The number of carbonyl (C=O) groups excluding carboxylic acids is 1. The summed E-state index contributed by atoms with van der Waals surface area (Å²) in [7, 11) is 0. The van der Waals surface area contributed by atoms with Crippen LogP contribution in [-0.4, -0.2) is 25.5 Å². The van der Waals surface area contributed by atoms with Gasteiger partial charge < -0.3 is 15.5 Å². The summed E-state index contributed by atoms with van der Waals surface area (Å²) in [4.78, 5) is 14.5. The summed E-state index contributed by atoms with van der Waals surface area (Å²) in [5.74, 6) is -0.103. The Balaban J connectivity index is 1.66. The molecule has 6 heteroatoms. The minimum atomic E-state index is -0.103. The molecule has 1 heterocycles. The average Bonchev–Trinajstić information content (AvgIpc) is 3.09. The number of nitrogens with one attached hydrogen (secondary N) is 2. The maximum absolute atomic E-state index is 12.2. The molecule has 4 nitrogen and oxygen atoms in total. The molecule has 0 saturated carbocycles. The van der Waals surface area contributed by atoms with Crippen LogP contribution in [0.4, 0.5) is 17.1 Å². The molecule has 1 saturated heterocycles. The summed E-state index contributed by atoms with van der Waals surface area (Å²) in [6.45, 7) is 2.27. The SMILES string of the molecule is O=C(CNc1cc(Cl)ccc1N1CCCC1)Nc1ccccc1Br. The van der Waals surface area contributed by atoms with Gasteiger partial charge in [-0.15, -0.1) is 0 Å². The van der Waals surface area contributed by atoms with Crippen LogP contribution in [0, 0.1) is 0 Å². The number of halogens is 2. The molecule has 0 aromatic heterocycles. The van der Waals surface area contributed by atoms with E-state index in [0.717, 1.165) is 34.6 Å². The lowest BCUT2D eigenvalue weighted by Crippen LogP contribution is -2.24. The second kappa shape index (κ2) is 7.90. The topological polar surface area (TPSA) is 44.4 Å². The van der Waals surface area contributed by atoms with Crippen molar-refractivity contribution in [1.29, 1.82) is 0 Å². The van der Waals surface area contributed by atoms with E-state index in [1.54, 1.807) is 0 Å². The fourth-order valence-electron chi connectivity index (χ4n) is 2.82. The van der Waals surface area contributed by atoms with Crippen molar-refractivity contribution in [3.05, 3.63) is 52.0 Å². The molecule has 1 aliphatic heterocycles. The number of rotatable bonds is 5. The number of hydrogen-bond donors (Lipinski definition) is 2. The van der Waals surface area contributed by atoms with Crippen molar-refractivity contribution in [2.24, 2.45) is 0 Å². The maximum Gasteiger partial charge on any atom is 0.243 e. The predicted octanol–water partition coefficient (Wildman–Crippen LogP) is 4.75. The van der Waals surface area contributed by atoms with Crippen molar-refractivity contribution in [2.75, 3.05) is 35.2 Å². The average molecular weight is 409 g/mol. The van der Waals surface area contributed by atoms with Gasteiger partial charge in [-0.25, -0.2) is 0 Å². The Bertz CT molecular complexity index is 732. The molecule has 1 amide bonds. The van der Waals surface area contributed by atoms with Gasteiger partial charge in [0.15, 0.2) is 0 Å². The van der Waals surface area contributed by atoms with E-state index in [4.69, 9.17) is 11.6 Å². The molecule has 0 aliphatic carbocycles. The van der Waals surface area contributed by atoms with Crippen molar-refractivity contribution >= 4 is 50.5 Å². The third kappa shape index (κ3) is 4.22. The molecule has 0 radical (unpaired) electrons. The first-order valence-corrected chi connectivity index (χ1v) is 9.13. The Morgan fingerprint density at radius 3 is 2.62 bits per heavy atom. The van der Waals surface area contributed by atoms with E-state index >= 15 is 0 Å². The normalized spacial score (nSPS) is 13.8. The van der Waals surface area contributed by atoms with Gasteiger partial charge >= 0.3 is 0 Å². The van der Waals surface area contributed by atoms with E-state index in [9.17, 15) is 4.79 Å². The van der Waals surface area contributed by atoms with Crippen LogP contribution in [-0.2, 0) is 4.79 Å². The highest BCUT2D eigenvalue weighted by molar-refractivity contribution is 9.10. The molecule has 1 fully saturated rings. The Morgan fingerprint density at radius 2 is 1.88 bits per heavy atom. The van der Waals surface area contributed by atoms with Gasteiger partial charge in [-0.05, 0) is 59.1 Å². The molecule has 0 bridgehead atoms. The highest BCUT2D eigenvalue weighted by Crippen LogP contribution is 2.31. The minimum Gasteiger partial charge on any atom is -0.374 e. The van der Waals surface area contributed by atoms with E-state index in [1.165, 1.54) is 12.8 Å². The summed E-state index contributed by atoms with van der Waals surface area (Å²) in [6.07, 6.45) is 2.40. The van der Waals surface area contributed by atoms with Gasteiger partial charge in [0, 0.05) is 22.6 Å². The number of anilines is 3. The third-order valence-corrected chi connectivity index (χ3v) is 4.92. The van der Waals surface area contributed by atoms with Gasteiger partial charge in [0.25, 0.3) is 0 Å². The monoisotopic (exact) mass is 407 g/mol. The van der Waals surface area contributed by atoms with Crippen LogP contribution in [0.1, 0.15) is 12.8 Å². The highest BCUT2D eigenvalue weighted by atomic mass is 79.9. The summed E-state index contributed by atoms with van der Waals surface area (Å²) in [5, 5.41) is 6.77. The molecule has 2 aromatic carbocycles. The first-order valence-electron chi connectivity index (χ1n) is 7.96. The number of amides is 1. The molecule has 0 atom stereocenters. The Morgan fingerprint density at radius 1 is 1.12 bits per heavy atom. The van der Waals surface area contributed by atoms with Gasteiger partial charge in [0.2, 0.25) is 5.91 Å². The molecule has 0 spiro atoms. The van der Waals surface area contributed by atoms with Gasteiger partial charge in [-0.3, -0.25) is 4.79 Å². The first kappa shape index (κ1) is 17.1. The quantitative estimate of drug-likeness (QED) is 0.750. The van der Waals surface area contributed by atoms with Crippen LogP contribution in [0.2, 0.25) is 5.02 Å². The van der Waals surface area contributed by atoms with Crippen LogP contribution in [0.5, 0.6) is 0 Å². The van der Waals surface area contributed by atoms with Crippen LogP contribution in [0.3, 0.4) is 0 Å². The fraction of sp³-hybridized carbons (Fsp3) is 0.278. The number of carbonyl (C=O) groups is 1. The Kier molecular flexibility index (Phi) is 5.63. The van der Waals surface area contributed by atoms with E-state index in [-0.39, 0.29) is 12.5 Å². The predicted molar refractivity (Wildman–Crippen MR) is 104 cm³/mol. The summed E-state index contributed by atoms with van der Waals surface area (Å²) < 4.78 is 0.860. The minimum absolute atomic E-state index is 0.103. The van der Waals surface area contributed by atoms with Crippen molar-refractivity contribution < 1.29 is 4.79 Å². The lowest BCUT2D eigenvalue weighted by Gasteiger charge is -2.22. The van der Waals surface area contributed by atoms with Crippen LogP contribution >= 0.6 is 27.5 Å². The van der Waals surface area contributed by atoms with Gasteiger partial charge in [-0.2, -0.15) is 0 Å². The van der Waals surface area contributed by atoms with E-state index in [0.29, 0.717) is 5.02 Å². The third-order valence-electron chi connectivity index (χ3n) is 3.99. The maximum atomic E-state index is 12.2. The molecule has 3 rings (SSSR count). The molecule has 1 aliphatic rings. The smallest absolute Gasteiger partial charge is 0.243 e. The van der Waals surface area contributed by atoms with Crippen molar-refractivity contribution in [1.82, 2.24) is 0 Å². The number of hydrogen-bond acceptors (Lipinski definition) is 3. The van der Waals surface area contributed by atoms with E-state index < -0.39 is 0 Å². The molecule has 0 unspecified atom stereocenters. The Hall–Kier alpha value is -1.72. The second-order valence-corrected chi connectivity index (χ2v) is 7.03. The Labute approximate surface area is 155 Å². The lowest BCUT2D eigenvalue weighted by molar-refractivity contribution is -0.114. The molecule has 126 valence electrons. The summed E-state index contributed by atoms with van der Waals surface area (Å²) in [6, 6.07) is 13.3. The number of benzene rings is 2. The van der Waals surface area contributed by atoms with Crippen LogP contribution in [0.15, 0.2) is 46.9 Å². The molecule has 24 heavy (non-hydrogen) atoms. The fourth-order valence-corrected chi connectivity index (χ4v) is 3.37. The number of nitrogens with zero attached hydrogens (tertiary/aromatic N) is 1. The second-order valence-electron chi connectivity index (χ2n) is 5.74. The van der Waals surface area contributed by atoms with Crippen molar-refractivity contribution in [2.45, 2.75) is 12.8 Å². The van der Waals surface area contributed by atoms with E-state index in [2.05, 4.69) is 31.5 Å². The van der Waals surface area contributed by atoms with Gasteiger partial charge in [0.1, 0.15) is 0 Å². The standard InChI is InChI=1S/C18H19BrClN3O/c19-14-5-1-2-6-15(14)22-18(24)12-21-16-11-13(20)7-8-17(16)23-9-3-4-10-23/h1-2,5-8,11,21H,3-4,9-10,12H2,(H,22,24). The van der Waals surface area contributed by atoms with Gasteiger partial charge in [0.05, 0.1) is 23.6 Å². The molecular formula is C18H19BrClN3O. The zero-order valence-electron chi connectivity index (χ0n) is 13.2. The zero-order chi connectivity index (χ0) is 16.9. The summed E-state index contributed by atoms with van der Waals surface area (Å²) in [5.41, 5.74) is 2.76. The first-order chi connectivity index (χ1) is 11.6. The van der Waals surface area contributed by atoms with E-state index in [1.807, 2.05) is 42.5 Å². The van der Waals surface area contributed by atoms with Crippen LogP contribution in [0.25, 0.3) is 0 Å². The van der Waals surface area contributed by atoms with Crippen molar-refractivity contribution in [3.63, 3.8) is 0 Å².